The smallest absolute Gasteiger partial charge is 0.274 e. The van der Waals surface area contributed by atoms with Gasteiger partial charge < -0.3 is 15.4 Å². The highest BCUT2D eigenvalue weighted by atomic mass is 19.1. The topological polar surface area (TPSA) is 76.1 Å². The summed E-state index contributed by atoms with van der Waals surface area (Å²) in [6.07, 6.45) is 0. The zero-order chi connectivity index (χ0) is 19.2. The van der Waals surface area contributed by atoms with Crippen LogP contribution >= 0.6 is 0 Å². The van der Waals surface area contributed by atoms with Crippen LogP contribution in [0.1, 0.15) is 23.1 Å². The van der Waals surface area contributed by atoms with Crippen molar-refractivity contribution in [3.63, 3.8) is 0 Å². The molecule has 7 heteroatoms. The zero-order valence-corrected chi connectivity index (χ0v) is 15.0. The van der Waals surface area contributed by atoms with E-state index in [0.717, 1.165) is 0 Å². The van der Waals surface area contributed by atoms with Gasteiger partial charge in [0.15, 0.2) is 0 Å². The number of amides is 1. The monoisotopic (exact) mass is 366 g/mol. The predicted molar refractivity (Wildman–Crippen MR) is 102 cm³/mol. The quantitative estimate of drug-likeness (QED) is 0.679. The van der Waals surface area contributed by atoms with Crippen molar-refractivity contribution < 1.29 is 13.9 Å². The summed E-state index contributed by atoms with van der Waals surface area (Å²) in [5.41, 5.74) is 2.01. The number of para-hydroxylation sites is 2. The van der Waals surface area contributed by atoms with Crippen LogP contribution < -0.4 is 15.4 Å². The average Bonchev–Trinajstić information content (AvgIpc) is 2.65. The Bertz CT molecular complexity index is 945. The number of nitrogens with zero attached hydrogens (tertiary/aromatic N) is 2. The molecule has 3 aromatic rings. The van der Waals surface area contributed by atoms with E-state index in [1.54, 1.807) is 13.0 Å². The van der Waals surface area contributed by atoms with E-state index in [1.807, 2.05) is 31.2 Å². The third-order valence-electron chi connectivity index (χ3n) is 3.62. The Hall–Kier alpha value is -3.48. The van der Waals surface area contributed by atoms with Gasteiger partial charge in [0.1, 0.15) is 17.3 Å². The van der Waals surface area contributed by atoms with Gasteiger partial charge in [0, 0.05) is 11.4 Å². The molecule has 27 heavy (non-hydrogen) atoms. The van der Waals surface area contributed by atoms with Crippen LogP contribution in [0.2, 0.25) is 0 Å². The molecule has 2 N–H and O–H groups in total. The number of aromatic nitrogens is 2. The first-order valence-electron chi connectivity index (χ1n) is 8.46. The zero-order valence-electron chi connectivity index (χ0n) is 15.0. The molecular formula is C20H19FN4O2. The van der Waals surface area contributed by atoms with Crippen molar-refractivity contribution >= 4 is 23.2 Å². The number of benzene rings is 2. The Morgan fingerprint density at radius 1 is 1.11 bits per heavy atom. The fourth-order valence-corrected chi connectivity index (χ4v) is 2.44. The van der Waals surface area contributed by atoms with E-state index in [0.29, 0.717) is 29.4 Å². The van der Waals surface area contributed by atoms with Crippen molar-refractivity contribution in [2.45, 2.75) is 13.8 Å². The highest BCUT2D eigenvalue weighted by Gasteiger charge is 2.12. The molecule has 0 fully saturated rings. The van der Waals surface area contributed by atoms with Crippen LogP contribution in [0.25, 0.3) is 0 Å². The number of hydrogen-bond donors (Lipinski definition) is 2. The molecule has 138 valence electrons. The number of carbonyl (C=O) groups is 1. The first kappa shape index (κ1) is 18.3. The summed E-state index contributed by atoms with van der Waals surface area (Å²) < 4.78 is 18.6. The third-order valence-corrected chi connectivity index (χ3v) is 3.62. The molecule has 2 aromatic carbocycles. The fourth-order valence-electron chi connectivity index (χ4n) is 2.44. The van der Waals surface area contributed by atoms with Crippen LogP contribution in [0, 0.1) is 12.7 Å². The minimum Gasteiger partial charge on any atom is -0.492 e. The van der Waals surface area contributed by atoms with Gasteiger partial charge in [-0.2, -0.15) is 0 Å². The molecule has 0 aliphatic rings. The van der Waals surface area contributed by atoms with E-state index in [4.69, 9.17) is 4.74 Å². The third kappa shape index (κ3) is 4.78. The van der Waals surface area contributed by atoms with Gasteiger partial charge in [-0.1, -0.05) is 12.1 Å². The highest BCUT2D eigenvalue weighted by molar-refractivity contribution is 6.03. The van der Waals surface area contributed by atoms with Gasteiger partial charge in [-0.15, -0.1) is 0 Å². The van der Waals surface area contributed by atoms with Gasteiger partial charge in [-0.05, 0) is 56.3 Å². The Balaban J connectivity index is 1.82. The number of nitrogens with one attached hydrogen (secondary N) is 2. The van der Waals surface area contributed by atoms with E-state index in [-0.39, 0.29) is 17.5 Å². The molecule has 1 amide bonds. The summed E-state index contributed by atoms with van der Waals surface area (Å²) in [5, 5.41) is 5.78. The lowest BCUT2D eigenvalue weighted by Gasteiger charge is -2.12. The van der Waals surface area contributed by atoms with Gasteiger partial charge in [0.25, 0.3) is 5.91 Å². The first-order chi connectivity index (χ1) is 13.0. The first-order valence-corrected chi connectivity index (χ1v) is 8.46. The summed E-state index contributed by atoms with van der Waals surface area (Å²) in [7, 11) is 0. The van der Waals surface area contributed by atoms with Crippen LogP contribution in [0.4, 0.5) is 21.7 Å². The summed E-state index contributed by atoms with van der Waals surface area (Å²) in [6, 6.07) is 14.5. The summed E-state index contributed by atoms with van der Waals surface area (Å²) in [4.78, 5) is 21.1. The molecule has 0 atom stereocenters. The molecule has 0 bridgehead atoms. The summed E-state index contributed by atoms with van der Waals surface area (Å²) in [6.45, 7) is 4.20. The Labute approximate surface area is 156 Å². The fraction of sp³-hybridized carbons (Fsp3) is 0.150. The maximum atomic E-state index is 13.0. The molecule has 6 nitrogen and oxygen atoms in total. The normalized spacial score (nSPS) is 10.3. The second kappa shape index (κ2) is 8.27. The minimum absolute atomic E-state index is 0.197. The maximum absolute atomic E-state index is 13.0. The van der Waals surface area contributed by atoms with Crippen LogP contribution in [0.3, 0.4) is 0 Å². The number of halogens is 1. The lowest BCUT2D eigenvalue weighted by atomic mass is 10.2. The lowest BCUT2D eigenvalue weighted by Crippen LogP contribution is -2.15. The van der Waals surface area contributed by atoms with Crippen molar-refractivity contribution in [1.82, 2.24) is 9.97 Å². The number of rotatable bonds is 6. The molecule has 3 rings (SSSR count). The van der Waals surface area contributed by atoms with Crippen molar-refractivity contribution in [2.24, 2.45) is 0 Å². The average molecular weight is 366 g/mol. The van der Waals surface area contributed by atoms with Crippen LogP contribution in [0.15, 0.2) is 54.6 Å². The largest absolute Gasteiger partial charge is 0.492 e. The van der Waals surface area contributed by atoms with Crippen LogP contribution in [-0.2, 0) is 0 Å². The van der Waals surface area contributed by atoms with Crippen LogP contribution in [0.5, 0.6) is 5.75 Å². The predicted octanol–water partition coefficient (Wildman–Crippen LogP) is 4.32. The molecule has 0 spiro atoms. The van der Waals surface area contributed by atoms with Gasteiger partial charge in [-0.25, -0.2) is 14.4 Å². The maximum Gasteiger partial charge on any atom is 0.274 e. The van der Waals surface area contributed by atoms with Gasteiger partial charge in [-0.3, -0.25) is 4.79 Å². The number of hydrogen-bond acceptors (Lipinski definition) is 5. The molecule has 0 saturated heterocycles. The van der Waals surface area contributed by atoms with E-state index in [1.165, 1.54) is 24.3 Å². The molecule has 1 aromatic heterocycles. The molecule has 0 radical (unpaired) electrons. The van der Waals surface area contributed by atoms with Gasteiger partial charge in [0.2, 0.25) is 5.95 Å². The second-order valence-corrected chi connectivity index (χ2v) is 5.73. The summed E-state index contributed by atoms with van der Waals surface area (Å²) in [5.74, 6) is 0.174. The van der Waals surface area contributed by atoms with Gasteiger partial charge >= 0.3 is 0 Å². The van der Waals surface area contributed by atoms with Gasteiger partial charge in [0.05, 0.1) is 12.3 Å². The molecule has 0 saturated carbocycles. The Morgan fingerprint density at radius 2 is 1.85 bits per heavy atom. The van der Waals surface area contributed by atoms with E-state index in [9.17, 15) is 9.18 Å². The molecule has 1 heterocycles. The number of aryl methyl sites for hydroxylation is 1. The SMILES string of the molecule is CCOc1ccccc1Nc1nc(C)cc(C(=O)Nc2ccc(F)cc2)n1. The minimum atomic E-state index is -0.409. The second-order valence-electron chi connectivity index (χ2n) is 5.73. The Morgan fingerprint density at radius 3 is 2.59 bits per heavy atom. The molecular weight excluding hydrogens is 347 g/mol. The molecule has 0 aliphatic carbocycles. The standard InChI is InChI=1S/C20H19FN4O2/c1-3-27-18-7-5-4-6-16(18)24-20-22-13(2)12-17(25-20)19(26)23-15-10-8-14(21)9-11-15/h4-12H,3H2,1-2H3,(H,23,26)(H,22,24,25). The van der Waals surface area contributed by atoms with Crippen molar-refractivity contribution in [3.05, 3.63) is 71.8 Å². The van der Waals surface area contributed by atoms with Crippen molar-refractivity contribution in [1.29, 1.82) is 0 Å². The van der Waals surface area contributed by atoms with Crippen molar-refractivity contribution in [2.75, 3.05) is 17.2 Å². The number of ether oxygens (including phenoxy) is 1. The molecule has 0 aliphatic heterocycles. The molecule has 0 unspecified atom stereocenters. The van der Waals surface area contributed by atoms with Crippen LogP contribution in [-0.4, -0.2) is 22.5 Å². The number of anilines is 3. The van der Waals surface area contributed by atoms with E-state index >= 15 is 0 Å². The van der Waals surface area contributed by atoms with E-state index < -0.39 is 5.91 Å². The van der Waals surface area contributed by atoms with Crippen molar-refractivity contribution in [3.8, 4) is 5.75 Å². The van der Waals surface area contributed by atoms with E-state index in [2.05, 4.69) is 20.6 Å². The number of carbonyl (C=O) groups excluding carboxylic acids is 1. The summed E-state index contributed by atoms with van der Waals surface area (Å²) >= 11 is 0. The Kier molecular flexibility index (Phi) is 5.61. The lowest BCUT2D eigenvalue weighted by molar-refractivity contribution is 0.102. The highest BCUT2D eigenvalue weighted by Crippen LogP contribution is 2.26.